The van der Waals surface area contributed by atoms with Crippen LogP contribution in [0.3, 0.4) is 0 Å². The number of methoxy groups -OCH3 is 1. The minimum absolute atomic E-state index is 0.0321. The van der Waals surface area contributed by atoms with Crippen molar-refractivity contribution in [3.05, 3.63) is 27.2 Å². The zero-order valence-corrected chi connectivity index (χ0v) is 14.3. The number of nitrogens with two attached hydrogens (primary N) is 1. The van der Waals surface area contributed by atoms with Gasteiger partial charge < -0.3 is 15.8 Å². The lowest BCUT2D eigenvalue weighted by atomic mass is 10.1. The van der Waals surface area contributed by atoms with Gasteiger partial charge in [0, 0.05) is 12.6 Å². The fourth-order valence-electron chi connectivity index (χ4n) is 1.99. The van der Waals surface area contributed by atoms with E-state index in [-0.39, 0.29) is 16.5 Å². The Labute approximate surface area is 143 Å². The second kappa shape index (κ2) is 6.40. The fraction of sp³-hybridized carbons (Fsp3) is 0.231. The van der Waals surface area contributed by atoms with Crippen LogP contribution in [0.1, 0.15) is 5.56 Å². The number of anilines is 2. The van der Waals surface area contributed by atoms with Crippen LogP contribution >= 0.6 is 27.5 Å². The molecule has 0 saturated carbocycles. The molecule has 0 spiro atoms. The minimum Gasteiger partial charge on any atom is -0.496 e. The van der Waals surface area contributed by atoms with Gasteiger partial charge in [-0.15, -0.1) is 0 Å². The highest BCUT2D eigenvalue weighted by Gasteiger charge is 2.39. The van der Waals surface area contributed by atoms with Crippen LogP contribution in [-0.4, -0.2) is 24.1 Å². The molecule has 124 valence electrons. The zero-order chi connectivity index (χ0) is 17.4. The number of nitrogens with one attached hydrogen (secondary N) is 1. The first-order chi connectivity index (χ1) is 10.7. The maximum Gasteiger partial charge on any atom is 0.422 e. The van der Waals surface area contributed by atoms with E-state index in [1.807, 2.05) is 0 Å². The summed E-state index contributed by atoms with van der Waals surface area (Å²) in [7, 11) is 2.69. The number of ether oxygens (including phenoxy) is 1. The van der Waals surface area contributed by atoms with Crippen LogP contribution in [0.25, 0.3) is 11.3 Å². The summed E-state index contributed by atoms with van der Waals surface area (Å²) in [5, 5.41) is 2.44. The molecule has 0 aliphatic carbocycles. The first-order valence-electron chi connectivity index (χ1n) is 6.15. The Bertz CT molecular complexity index is 755. The van der Waals surface area contributed by atoms with E-state index in [2.05, 4.69) is 31.2 Å². The second-order valence-electron chi connectivity index (χ2n) is 4.37. The highest BCUT2D eigenvalue weighted by atomic mass is 79.9. The van der Waals surface area contributed by atoms with Gasteiger partial charge in [-0.2, -0.15) is 18.2 Å². The van der Waals surface area contributed by atoms with Gasteiger partial charge in [-0.3, -0.25) is 0 Å². The van der Waals surface area contributed by atoms with Crippen LogP contribution in [0.4, 0.5) is 24.9 Å². The zero-order valence-electron chi connectivity index (χ0n) is 11.9. The summed E-state index contributed by atoms with van der Waals surface area (Å²) in [5.41, 5.74) is 4.07. The van der Waals surface area contributed by atoms with E-state index < -0.39 is 23.3 Å². The normalized spacial score (nSPS) is 11.4. The highest BCUT2D eigenvalue weighted by Crippen LogP contribution is 2.44. The number of benzene rings is 1. The maximum absolute atomic E-state index is 13.5. The van der Waals surface area contributed by atoms with Crippen molar-refractivity contribution in [2.45, 2.75) is 6.18 Å². The first-order valence-corrected chi connectivity index (χ1v) is 7.32. The summed E-state index contributed by atoms with van der Waals surface area (Å²) in [6, 6.07) is 2.77. The van der Waals surface area contributed by atoms with E-state index in [1.165, 1.54) is 26.3 Å². The SMILES string of the molecule is CNc1nc(N)nc(-c2cc(OC)c(Br)cc2Cl)c1C(F)(F)F. The fourth-order valence-corrected chi connectivity index (χ4v) is 2.88. The molecule has 0 aliphatic rings. The number of hydrogen-bond acceptors (Lipinski definition) is 5. The Morgan fingerprint density at radius 3 is 2.48 bits per heavy atom. The van der Waals surface area contributed by atoms with Crippen molar-refractivity contribution >= 4 is 39.3 Å². The average Bonchev–Trinajstić information content (AvgIpc) is 2.45. The predicted molar refractivity (Wildman–Crippen MR) is 85.7 cm³/mol. The summed E-state index contributed by atoms with van der Waals surface area (Å²) in [4.78, 5) is 7.32. The van der Waals surface area contributed by atoms with Gasteiger partial charge in [-0.25, -0.2) is 4.98 Å². The number of rotatable bonds is 3. The largest absolute Gasteiger partial charge is 0.496 e. The van der Waals surface area contributed by atoms with Crippen LogP contribution in [0.2, 0.25) is 5.02 Å². The molecule has 0 unspecified atom stereocenters. The van der Waals surface area contributed by atoms with Crippen LogP contribution in [0, 0.1) is 0 Å². The van der Waals surface area contributed by atoms with Crippen molar-refractivity contribution in [1.82, 2.24) is 9.97 Å². The van der Waals surface area contributed by atoms with E-state index in [1.54, 1.807) is 0 Å². The molecule has 0 atom stereocenters. The Balaban J connectivity index is 2.85. The van der Waals surface area contributed by atoms with Crippen molar-refractivity contribution in [2.75, 3.05) is 25.2 Å². The molecular formula is C13H11BrClF3N4O. The lowest BCUT2D eigenvalue weighted by Gasteiger charge is -2.17. The third kappa shape index (κ3) is 3.45. The number of nitrogen functional groups attached to an aromatic ring is 1. The number of hydrogen-bond donors (Lipinski definition) is 2. The van der Waals surface area contributed by atoms with Gasteiger partial charge in [0.25, 0.3) is 0 Å². The molecule has 0 fully saturated rings. The van der Waals surface area contributed by atoms with Crippen molar-refractivity contribution < 1.29 is 17.9 Å². The number of nitrogens with zero attached hydrogens (tertiary/aromatic N) is 2. The molecule has 3 N–H and O–H groups in total. The van der Waals surface area contributed by atoms with Crippen molar-refractivity contribution in [3.8, 4) is 17.0 Å². The van der Waals surface area contributed by atoms with Gasteiger partial charge in [0.15, 0.2) is 0 Å². The van der Waals surface area contributed by atoms with Gasteiger partial charge in [-0.1, -0.05) is 11.6 Å². The van der Waals surface area contributed by atoms with E-state index in [0.717, 1.165) is 0 Å². The first kappa shape index (κ1) is 17.6. The Kier molecular flexibility index (Phi) is 4.90. The topological polar surface area (TPSA) is 73.1 Å². The summed E-state index contributed by atoms with van der Waals surface area (Å²) in [6.45, 7) is 0. The quantitative estimate of drug-likeness (QED) is 0.791. The third-order valence-corrected chi connectivity index (χ3v) is 3.88. The summed E-state index contributed by atoms with van der Waals surface area (Å²) in [6.07, 6.45) is -4.70. The Morgan fingerprint density at radius 2 is 1.96 bits per heavy atom. The van der Waals surface area contributed by atoms with Gasteiger partial charge in [-0.05, 0) is 28.1 Å². The molecule has 2 rings (SSSR count). The molecule has 0 amide bonds. The molecule has 10 heteroatoms. The van der Waals surface area contributed by atoms with Gasteiger partial charge >= 0.3 is 6.18 Å². The monoisotopic (exact) mass is 410 g/mol. The summed E-state index contributed by atoms with van der Waals surface area (Å²) < 4.78 is 46.0. The molecule has 23 heavy (non-hydrogen) atoms. The summed E-state index contributed by atoms with van der Waals surface area (Å²) in [5.74, 6) is -0.436. The molecule has 1 heterocycles. The van der Waals surface area contributed by atoms with Crippen molar-refractivity contribution in [1.29, 1.82) is 0 Å². The number of aromatic nitrogens is 2. The smallest absolute Gasteiger partial charge is 0.422 e. The Hall–Kier alpha value is -1.74. The van der Waals surface area contributed by atoms with Crippen molar-refractivity contribution in [3.63, 3.8) is 0 Å². The van der Waals surface area contributed by atoms with Crippen LogP contribution in [-0.2, 0) is 6.18 Å². The number of alkyl halides is 3. The molecule has 1 aromatic carbocycles. The summed E-state index contributed by atoms with van der Waals surface area (Å²) >= 11 is 9.30. The van der Waals surface area contributed by atoms with E-state index >= 15 is 0 Å². The molecule has 0 bridgehead atoms. The molecular weight excluding hydrogens is 401 g/mol. The highest BCUT2D eigenvalue weighted by molar-refractivity contribution is 9.10. The van der Waals surface area contributed by atoms with Gasteiger partial charge in [0.05, 0.1) is 22.3 Å². The van der Waals surface area contributed by atoms with E-state index in [0.29, 0.717) is 10.2 Å². The molecule has 5 nitrogen and oxygen atoms in total. The van der Waals surface area contributed by atoms with Crippen LogP contribution < -0.4 is 15.8 Å². The molecule has 0 aliphatic heterocycles. The predicted octanol–water partition coefficient (Wildman–Crippen LogP) is 4.21. The second-order valence-corrected chi connectivity index (χ2v) is 5.63. The van der Waals surface area contributed by atoms with Gasteiger partial charge in [0.2, 0.25) is 5.95 Å². The van der Waals surface area contributed by atoms with E-state index in [9.17, 15) is 13.2 Å². The minimum atomic E-state index is -4.70. The maximum atomic E-state index is 13.5. The van der Waals surface area contributed by atoms with Crippen LogP contribution in [0.5, 0.6) is 5.75 Å². The molecule has 1 aromatic heterocycles. The molecule has 0 saturated heterocycles. The lowest BCUT2D eigenvalue weighted by molar-refractivity contribution is -0.136. The van der Waals surface area contributed by atoms with Crippen LogP contribution in [0.15, 0.2) is 16.6 Å². The third-order valence-electron chi connectivity index (χ3n) is 2.94. The average molecular weight is 412 g/mol. The lowest BCUT2D eigenvalue weighted by Crippen LogP contribution is -2.15. The Morgan fingerprint density at radius 1 is 1.30 bits per heavy atom. The van der Waals surface area contributed by atoms with E-state index in [4.69, 9.17) is 22.1 Å². The van der Waals surface area contributed by atoms with Gasteiger partial charge in [0.1, 0.15) is 17.1 Å². The van der Waals surface area contributed by atoms with Crippen molar-refractivity contribution in [2.24, 2.45) is 0 Å². The number of halogens is 5. The molecule has 0 radical (unpaired) electrons. The standard InChI is InChI=1S/C13H11BrClF3N4O/c1-20-11-9(13(16,17)18)10(21-12(19)22-11)5-3-8(23-2)6(14)4-7(5)15/h3-4H,1-2H3,(H3,19,20,21,22). The molecule has 2 aromatic rings.